The van der Waals surface area contributed by atoms with E-state index in [0.29, 0.717) is 17.1 Å². The van der Waals surface area contributed by atoms with Gasteiger partial charge in [-0.3, -0.25) is 9.78 Å². The molecule has 17 heavy (non-hydrogen) atoms. The summed E-state index contributed by atoms with van der Waals surface area (Å²) in [6, 6.07) is 6.89. The van der Waals surface area contributed by atoms with Crippen molar-refractivity contribution < 1.29 is 4.79 Å². The fraction of sp³-hybridized carbons (Fsp3) is 0.0833. The second-order valence-electron chi connectivity index (χ2n) is 3.38. The van der Waals surface area contributed by atoms with Gasteiger partial charge in [-0.1, -0.05) is 0 Å². The zero-order valence-electron chi connectivity index (χ0n) is 9.34. The predicted octanol–water partition coefficient (Wildman–Crippen LogP) is 1.77. The number of pyridine rings is 2. The molecule has 0 bridgehead atoms. The molecule has 0 fully saturated rings. The molecule has 0 saturated carbocycles. The lowest BCUT2D eigenvalue weighted by Crippen LogP contribution is -2.12. The highest BCUT2D eigenvalue weighted by Crippen LogP contribution is 2.09. The van der Waals surface area contributed by atoms with E-state index < -0.39 is 0 Å². The van der Waals surface area contributed by atoms with Gasteiger partial charge in [0.25, 0.3) is 5.91 Å². The van der Waals surface area contributed by atoms with E-state index >= 15 is 0 Å². The van der Waals surface area contributed by atoms with Crippen LogP contribution in [0.3, 0.4) is 0 Å². The Balaban J connectivity index is 2.14. The van der Waals surface area contributed by atoms with Gasteiger partial charge in [-0.2, -0.15) is 0 Å². The summed E-state index contributed by atoms with van der Waals surface area (Å²) in [7, 11) is 1.76. The van der Waals surface area contributed by atoms with Crippen LogP contribution in [0.1, 0.15) is 10.4 Å². The molecular weight excluding hydrogens is 216 g/mol. The molecule has 1 amide bonds. The Morgan fingerprint density at radius 1 is 1.29 bits per heavy atom. The molecule has 0 unspecified atom stereocenters. The van der Waals surface area contributed by atoms with E-state index in [1.165, 1.54) is 0 Å². The monoisotopic (exact) mass is 228 g/mol. The molecule has 0 saturated heterocycles. The lowest BCUT2D eigenvalue weighted by Gasteiger charge is -2.05. The van der Waals surface area contributed by atoms with Crippen molar-refractivity contribution >= 4 is 17.4 Å². The number of amides is 1. The van der Waals surface area contributed by atoms with E-state index in [9.17, 15) is 4.79 Å². The summed E-state index contributed by atoms with van der Waals surface area (Å²) in [6.07, 6.45) is 4.84. The zero-order valence-corrected chi connectivity index (χ0v) is 9.34. The van der Waals surface area contributed by atoms with Crippen LogP contribution in [0, 0.1) is 0 Å². The van der Waals surface area contributed by atoms with Crippen LogP contribution in [0.15, 0.2) is 42.9 Å². The summed E-state index contributed by atoms with van der Waals surface area (Å²) in [5, 5.41) is 5.64. The van der Waals surface area contributed by atoms with Crippen LogP contribution in [0.25, 0.3) is 0 Å². The molecule has 0 atom stereocenters. The average molecular weight is 228 g/mol. The number of anilines is 2. The Hall–Kier alpha value is -2.43. The van der Waals surface area contributed by atoms with Crippen LogP contribution in [0.5, 0.6) is 0 Å². The molecule has 0 aliphatic carbocycles. The number of nitrogens with one attached hydrogen (secondary N) is 2. The third kappa shape index (κ3) is 2.78. The van der Waals surface area contributed by atoms with Crippen molar-refractivity contribution in [2.24, 2.45) is 0 Å². The average Bonchev–Trinajstić information content (AvgIpc) is 2.40. The first kappa shape index (κ1) is 11.1. The third-order valence-corrected chi connectivity index (χ3v) is 2.20. The second kappa shape index (κ2) is 5.07. The van der Waals surface area contributed by atoms with Crippen LogP contribution in [-0.4, -0.2) is 22.9 Å². The highest BCUT2D eigenvalue weighted by atomic mass is 16.1. The van der Waals surface area contributed by atoms with Gasteiger partial charge >= 0.3 is 0 Å². The summed E-state index contributed by atoms with van der Waals surface area (Å²) in [5.41, 5.74) is 1.22. The summed E-state index contributed by atoms with van der Waals surface area (Å²) >= 11 is 0. The van der Waals surface area contributed by atoms with E-state index in [4.69, 9.17) is 0 Å². The molecule has 0 aliphatic heterocycles. The number of hydrogen-bond donors (Lipinski definition) is 2. The molecule has 5 heteroatoms. The van der Waals surface area contributed by atoms with Crippen molar-refractivity contribution in [1.82, 2.24) is 9.97 Å². The largest absolute Gasteiger partial charge is 0.373 e. The summed E-state index contributed by atoms with van der Waals surface area (Å²) in [4.78, 5) is 19.9. The molecule has 0 spiro atoms. The van der Waals surface area contributed by atoms with Crippen LogP contribution in [-0.2, 0) is 0 Å². The Kier molecular flexibility index (Phi) is 3.30. The fourth-order valence-corrected chi connectivity index (χ4v) is 1.35. The molecule has 86 valence electrons. The van der Waals surface area contributed by atoms with Crippen LogP contribution < -0.4 is 10.6 Å². The minimum absolute atomic E-state index is 0.183. The SMILES string of the molecule is CNc1cc(C(=O)Nc2cccnc2)ccn1. The van der Waals surface area contributed by atoms with Gasteiger partial charge in [0.2, 0.25) is 0 Å². The van der Waals surface area contributed by atoms with Gasteiger partial charge in [-0.15, -0.1) is 0 Å². The van der Waals surface area contributed by atoms with E-state index in [-0.39, 0.29) is 5.91 Å². The lowest BCUT2D eigenvalue weighted by molar-refractivity contribution is 0.102. The molecule has 2 heterocycles. The molecule has 2 aromatic heterocycles. The summed E-state index contributed by atoms with van der Waals surface area (Å²) < 4.78 is 0. The van der Waals surface area contributed by atoms with Gasteiger partial charge in [0.1, 0.15) is 5.82 Å². The van der Waals surface area contributed by atoms with E-state index in [1.807, 2.05) is 0 Å². The molecule has 2 aromatic rings. The Morgan fingerprint density at radius 2 is 2.18 bits per heavy atom. The normalized spacial score (nSPS) is 9.71. The van der Waals surface area contributed by atoms with Crippen molar-refractivity contribution in [2.75, 3.05) is 17.7 Å². The van der Waals surface area contributed by atoms with Gasteiger partial charge in [-0.05, 0) is 24.3 Å². The number of carbonyl (C=O) groups is 1. The first-order valence-corrected chi connectivity index (χ1v) is 5.15. The molecule has 0 aromatic carbocycles. The van der Waals surface area contributed by atoms with E-state index in [1.54, 1.807) is 49.9 Å². The maximum Gasteiger partial charge on any atom is 0.255 e. The van der Waals surface area contributed by atoms with Crippen LogP contribution in [0.2, 0.25) is 0 Å². The van der Waals surface area contributed by atoms with Gasteiger partial charge in [0.05, 0.1) is 11.9 Å². The number of nitrogens with zero attached hydrogens (tertiary/aromatic N) is 2. The third-order valence-electron chi connectivity index (χ3n) is 2.20. The molecule has 0 radical (unpaired) electrons. The van der Waals surface area contributed by atoms with Crippen LogP contribution >= 0.6 is 0 Å². The number of rotatable bonds is 3. The van der Waals surface area contributed by atoms with Crippen LogP contribution in [0.4, 0.5) is 11.5 Å². The zero-order chi connectivity index (χ0) is 12.1. The fourth-order valence-electron chi connectivity index (χ4n) is 1.35. The topological polar surface area (TPSA) is 66.9 Å². The quantitative estimate of drug-likeness (QED) is 0.840. The van der Waals surface area contributed by atoms with Crippen molar-refractivity contribution in [3.63, 3.8) is 0 Å². The lowest BCUT2D eigenvalue weighted by atomic mass is 10.2. The molecular formula is C12H12N4O. The number of hydrogen-bond acceptors (Lipinski definition) is 4. The first-order chi connectivity index (χ1) is 8.29. The highest BCUT2D eigenvalue weighted by Gasteiger charge is 2.06. The smallest absolute Gasteiger partial charge is 0.255 e. The molecule has 0 aliphatic rings. The maximum atomic E-state index is 11.9. The number of carbonyl (C=O) groups excluding carboxylic acids is 1. The van der Waals surface area contributed by atoms with Gasteiger partial charge in [0.15, 0.2) is 0 Å². The van der Waals surface area contributed by atoms with Gasteiger partial charge < -0.3 is 10.6 Å². The van der Waals surface area contributed by atoms with Crippen molar-refractivity contribution in [3.8, 4) is 0 Å². The maximum absolute atomic E-state index is 11.9. The predicted molar refractivity (Wildman–Crippen MR) is 66.0 cm³/mol. The summed E-state index contributed by atoms with van der Waals surface area (Å²) in [6.45, 7) is 0. The minimum Gasteiger partial charge on any atom is -0.373 e. The van der Waals surface area contributed by atoms with Crippen molar-refractivity contribution in [2.45, 2.75) is 0 Å². The van der Waals surface area contributed by atoms with Gasteiger partial charge in [0, 0.05) is 25.0 Å². The Morgan fingerprint density at radius 3 is 2.88 bits per heavy atom. The van der Waals surface area contributed by atoms with E-state index in [0.717, 1.165) is 0 Å². The highest BCUT2D eigenvalue weighted by molar-refractivity contribution is 6.04. The molecule has 2 N–H and O–H groups in total. The Bertz CT molecular complexity index is 513. The van der Waals surface area contributed by atoms with Gasteiger partial charge in [-0.25, -0.2) is 4.98 Å². The minimum atomic E-state index is -0.183. The second-order valence-corrected chi connectivity index (χ2v) is 3.38. The summed E-state index contributed by atoms with van der Waals surface area (Å²) in [5.74, 6) is 0.473. The molecule has 5 nitrogen and oxygen atoms in total. The molecule has 2 rings (SSSR count). The van der Waals surface area contributed by atoms with Crippen molar-refractivity contribution in [1.29, 1.82) is 0 Å². The standard InChI is InChI=1S/C12H12N4O/c1-13-11-7-9(4-6-15-11)12(17)16-10-3-2-5-14-8-10/h2-8H,1H3,(H,13,15)(H,16,17). The first-order valence-electron chi connectivity index (χ1n) is 5.15. The Labute approximate surface area is 98.9 Å². The van der Waals surface area contributed by atoms with E-state index in [2.05, 4.69) is 20.6 Å². The number of aromatic nitrogens is 2. The van der Waals surface area contributed by atoms with Crippen molar-refractivity contribution in [3.05, 3.63) is 48.4 Å².